The van der Waals surface area contributed by atoms with Crippen molar-refractivity contribution in [3.05, 3.63) is 23.9 Å². The van der Waals surface area contributed by atoms with Crippen LogP contribution in [-0.4, -0.2) is 49.4 Å². The van der Waals surface area contributed by atoms with Crippen LogP contribution in [0, 0.1) is 0 Å². The number of carbonyl (C=O) groups excluding carboxylic acids is 1. The number of nitrogens with zero attached hydrogens (tertiary/aromatic N) is 2. The molecule has 162 valence electrons. The average Bonchev–Trinajstić information content (AvgIpc) is 3.22. The van der Waals surface area contributed by atoms with E-state index in [0.29, 0.717) is 44.6 Å². The first-order chi connectivity index (χ1) is 13.6. The smallest absolute Gasteiger partial charge is 0.356 e. The van der Waals surface area contributed by atoms with Crippen LogP contribution in [0.4, 0.5) is 19.0 Å². The Morgan fingerprint density at radius 3 is 2.34 bits per heavy atom. The SMILES string of the molecule is O=C(CCS(=O)(=O)C1CCCC1)NC1CCN(c2ccc(C(F)(F)F)cn2)CC1. The van der Waals surface area contributed by atoms with E-state index in [9.17, 15) is 26.4 Å². The molecule has 0 aromatic carbocycles. The van der Waals surface area contributed by atoms with Crippen molar-refractivity contribution < 1.29 is 26.4 Å². The minimum absolute atomic E-state index is 0.0283. The van der Waals surface area contributed by atoms with Gasteiger partial charge in [-0.2, -0.15) is 13.2 Å². The number of rotatable bonds is 6. The Bertz CT molecular complexity index is 798. The highest BCUT2D eigenvalue weighted by Gasteiger charge is 2.31. The van der Waals surface area contributed by atoms with Crippen LogP contribution in [-0.2, 0) is 20.8 Å². The fourth-order valence-corrected chi connectivity index (χ4v) is 5.80. The lowest BCUT2D eigenvalue weighted by Crippen LogP contribution is -2.45. The average molecular weight is 433 g/mol. The van der Waals surface area contributed by atoms with Crippen LogP contribution in [0.15, 0.2) is 18.3 Å². The number of hydrogen-bond donors (Lipinski definition) is 1. The minimum atomic E-state index is -4.41. The van der Waals surface area contributed by atoms with Gasteiger partial charge in [-0.15, -0.1) is 0 Å². The lowest BCUT2D eigenvalue weighted by Gasteiger charge is -2.33. The Morgan fingerprint density at radius 1 is 1.14 bits per heavy atom. The van der Waals surface area contributed by atoms with Crippen LogP contribution in [0.3, 0.4) is 0 Å². The normalized spacial score (nSPS) is 19.5. The third-order valence-corrected chi connectivity index (χ3v) is 7.94. The van der Waals surface area contributed by atoms with Crippen molar-refractivity contribution in [2.45, 2.75) is 62.4 Å². The van der Waals surface area contributed by atoms with E-state index < -0.39 is 21.6 Å². The van der Waals surface area contributed by atoms with E-state index >= 15 is 0 Å². The van der Waals surface area contributed by atoms with E-state index in [0.717, 1.165) is 25.1 Å². The number of hydrogen-bond acceptors (Lipinski definition) is 5. The zero-order chi connectivity index (χ0) is 21.1. The molecule has 1 saturated heterocycles. The van der Waals surface area contributed by atoms with Crippen molar-refractivity contribution in [3.63, 3.8) is 0 Å². The van der Waals surface area contributed by atoms with Gasteiger partial charge in [0.05, 0.1) is 16.6 Å². The van der Waals surface area contributed by atoms with E-state index in [-0.39, 0.29) is 29.4 Å². The zero-order valence-electron chi connectivity index (χ0n) is 16.1. The molecule has 2 heterocycles. The first-order valence-electron chi connectivity index (χ1n) is 9.94. The van der Waals surface area contributed by atoms with Gasteiger partial charge in [-0.05, 0) is 37.8 Å². The molecule has 2 fully saturated rings. The molecule has 0 atom stereocenters. The molecule has 0 spiro atoms. The molecular formula is C19H26F3N3O3S. The summed E-state index contributed by atoms with van der Waals surface area (Å²) in [5.41, 5.74) is -0.782. The summed E-state index contributed by atoms with van der Waals surface area (Å²) in [6.45, 7) is 1.12. The molecular weight excluding hydrogens is 407 g/mol. The first-order valence-corrected chi connectivity index (χ1v) is 11.7. The van der Waals surface area contributed by atoms with E-state index in [1.54, 1.807) is 0 Å². The van der Waals surface area contributed by atoms with Gasteiger partial charge in [0.1, 0.15) is 5.82 Å². The molecule has 1 saturated carbocycles. The molecule has 29 heavy (non-hydrogen) atoms. The van der Waals surface area contributed by atoms with Crippen LogP contribution in [0.5, 0.6) is 0 Å². The highest BCUT2D eigenvalue weighted by Crippen LogP contribution is 2.30. The van der Waals surface area contributed by atoms with Crippen molar-refractivity contribution in [2.75, 3.05) is 23.7 Å². The van der Waals surface area contributed by atoms with Gasteiger partial charge in [0.2, 0.25) is 5.91 Å². The van der Waals surface area contributed by atoms with E-state index in [4.69, 9.17) is 0 Å². The summed E-state index contributed by atoms with van der Waals surface area (Å²) in [7, 11) is -3.21. The molecule has 1 aromatic rings. The Morgan fingerprint density at radius 2 is 1.79 bits per heavy atom. The van der Waals surface area contributed by atoms with Gasteiger partial charge < -0.3 is 10.2 Å². The summed E-state index contributed by atoms with van der Waals surface area (Å²) in [6.07, 6.45) is 0.904. The second-order valence-corrected chi connectivity index (χ2v) is 10.2. The van der Waals surface area contributed by atoms with Crippen LogP contribution in [0.2, 0.25) is 0 Å². The second-order valence-electron chi connectivity index (χ2n) is 7.76. The quantitative estimate of drug-likeness (QED) is 0.746. The number of nitrogens with one attached hydrogen (secondary N) is 1. The molecule has 1 aliphatic heterocycles. The number of halogens is 3. The molecule has 10 heteroatoms. The summed E-state index contributed by atoms with van der Waals surface area (Å²) in [4.78, 5) is 17.9. The maximum atomic E-state index is 12.6. The van der Waals surface area contributed by atoms with E-state index in [2.05, 4.69) is 10.3 Å². The lowest BCUT2D eigenvalue weighted by molar-refractivity contribution is -0.137. The number of carbonyl (C=O) groups is 1. The molecule has 1 amide bonds. The standard InChI is InChI=1S/C19H26F3N3O3S/c20-19(21,22)14-5-6-17(23-13-14)25-10-7-15(8-11-25)24-18(26)9-12-29(27,28)16-3-1-2-4-16/h5-6,13,15-16H,1-4,7-12H2,(H,24,26). The Labute approximate surface area is 168 Å². The monoisotopic (exact) mass is 433 g/mol. The van der Waals surface area contributed by atoms with E-state index in [1.165, 1.54) is 6.07 Å². The van der Waals surface area contributed by atoms with Crippen molar-refractivity contribution >= 4 is 21.6 Å². The summed E-state index contributed by atoms with van der Waals surface area (Å²) in [5.74, 6) is 0.0979. The maximum Gasteiger partial charge on any atom is 0.417 e. The van der Waals surface area contributed by atoms with Crippen LogP contribution in [0.25, 0.3) is 0 Å². The zero-order valence-corrected chi connectivity index (χ0v) is 16.9. The number of sulfone groups is 1. The molecule has 3 rings (SSSR count). The van der Waals surface area contributed by atoms with Gasteiger partial charge in [0.15, 0.2) is 9.84 Å². The van der Waals surface area contributed by atoms with Gasteiger partial charge in [-0.25, -0.2) is 13.4 Å². The molecule has 6 nitrogen and oxygen atoms in total. The summed E-state index contributed by atoms with van der Waals surface area (Å²) in [5, 5.41) is 2.59. The highest BCUT2D eigenvalue weighted by molar-refractivity contribution is 7.92. The van der Waals surface area contributed by atoms with Gasteiger partial charge >= 0.3 is 6.18 Å². The number of alkyl halides is 3. The van der Waals surface area contributed by atoms with Crippen LogP contribution < -0.4 is 10.2 Å². The first kappa shape index (κ1) is 21.9. The van der Waals surface area contributed by atoms with E-state index in [1.807, 2.05) is 4.90 Å². The van der Waals surface area contributed by atoms with Crippen molar-refractivity contribution in [2.24, 2.45) is 0 Å². The number of amides is 1. The predicted octanol–water partition coefficient (Wildman–Crippen LogP) is 2.93. The molecule has 0 bridgehead atoms. The fourth-order valence-electron chi connectivity index (χ4n) is 3.94. The molecule has 1 N–H and O–H groups in total. The van der Waals surface area contributed by atoms with Crippen molar-refractivity contribution in [1.82, 2.24) is 10.3 Å². The third-order valence-electron chi connectivity index (χ3n) is 5.68. The van der Waals surface area contributed by atoms with Crippen molar-refractivity contribution in [3.8, 4) is 0 Å². The second kappa shape index (κ2) is 8.89. The minimum Gasteiger partial charge on any atom is -0.356 e. The fraction of sp³-hybridized carbons (Fsp3) is 0.684. The third kappa shape index (κ3) is 5.83. The lowest BCUT2D eigenvalue weighted by atomic mass is 10.0. The Kier molecular flexibility index (Phi) is 6.70. The summed E-state index contributed by atoms with van der Waals surface area (Å²) < 4.78 is 62.4. The number of piperidine rings is 1. The predicted molar refractivity (Wildman–Crippen MR) is 103 cm³/mol. The summed E-state index contributed by atoms with van der Waals surface area (Å²) >= 11 is 0. The Balaban J connectivity index is 1.43. The molecule has 0 unspecified atom stereocenters. The van der Waals surface area contributed by atoms with Gasteiger partial charge in [0, 0.05) is 31.7 Å². The summed E-state index contributed by atoms with van der Waals surface area (Å²) in [6, 6.07) is 2.30. The van der Waals surface area contributed by atoms with Crippen LogP contribution in [0.1, 0.15) is 50.5 Å². The van der Waals surface area contributed by atoms with Crippen LogP contribution >= 0.6 is 0 Å². The number of pyridine rings is 1. The largest absolute Gasteiger partial charge is 0.417 e. The number of anilines is 1. The molecule has 0 radical (unpaired) electrons. The Hall–Kier alpha value is -1.84. The highest BCUT2D eigenvalue weighted by atomic mass is 32.2. The van der Waals surface area contributed by atoms with Gasteiger partial charge in [0.25, 0.3) is 0 Å². The number of aromatic nitrogens is 1. The maximum absolute atomic E-state index is 12.6. The molecule has 2 aliphatic rings. The van der Waals surface area contributed by atoms with Gasteiger partial charge in [-0.3, -0.25) is 4.79 Å². The topological polar surface area (TPSA) is 79.4 Å². The molecule has 1 aliphatic carbocycles. The van der Waals surface area contributed by atoms with Crippen molar-refractivity contribution in [1.29, 1.82) is 0 Å². The molecule has 1 aromatic heterocycles. The van der Waals surface area contributed by atoms with Gasteiger partial charge in [-0.1, -0.05) is 12.8 Å².